The van der Waals surface area contributed by atoms with Gasteiger partial charge >= 0.3 is 0 Å². The van der Waals surface area contributed by atoms with Crippen molar-refractivity contribution in [3.8, 4) is 11.3 Å². The summed E-state index contributed by atoms with van der Waals surface area (Å²) in [5, 5.41) is 0.741. The second kappa shape index (κ2) is 9.52. The number of hydrogen-bond acceptors (Lipinski definition) is 5. The van der Waals surface area contributed by atoms with E-state index in [2.05, 4.69) is 4.98 Å². The molecule has 0 N–H and O–H groups in total. The number of hydrogen-bond donors (Lipinski definition) is 0. The number of para-hydroxylation sites is 1. The van der Waals surface area contributed by atoms with Gasteiger partial charge in [0.05, 0.1) is 21.7 Å². The molecule has 1 fully saturated rings. The van der Waals surface area contributed by atoms with E-state index in [1.807, 2.05) is 36.4 Å². The predicted molar refractivity (Wildman–Crippen MR) is 131 cm³/mol. The Labute approximate surface area is 202 Å². The molecule has 0 spiro atoms. The van der Waals surface area contributed by atoms with Crippen molar-refractivity contribution in [2.24, 2.45) is 0 Å². The highest BCUT2D eigenvalue weighted by Crippen LogP contribution is 2.26. The lowest BCUT2D eigenvalue weighted by molar-refractivity contribution is 0.0766. The summed E-state index contributed by atoms with van der Waals surface area (Å²) in [6.45, 7) is 1.11. The van der Waals surface area contributed by atoms with Gasteiger partial charge in [-0.05, 0) is 55.0 Å². The first-order valence-electron chi connectivity index (χ1n) is 11.3. The molecule has 7 nitrogen and oxygen atoms in total. The van der Waals surface area contributed by atoms with Crippen molar-refractivity contribution >= 4 is 26.8 Å². The number of carbonyl (C=O) groups is 1. The van der Waals surface area contributed by atoms with Crippen LogP contribution in [0.4, 0.5) is 4.39 Å². The fourth-order valence-corrected chi connectivity index (χ4v) is 5.75. The SMILES string of the molecule is O=C(c1cc(-c2cccnc2)nc2ccccc12)N1CCCN(S(=O)(=O)c2ccc(F)cc2)CC1. The van der Waals surface area contributed by atoms with E-state index in [0.717, 1.165) is 23.1 Å². The minimum atomic E-state index is -3.78. The van der Waals surface area contributed by atoms with Crippen molar-refractivity contribution in [2.45, 2.75) is 11.3 Å². The van der Waals surface area contributed by atoms with Crippen molar-refractivity contribution < 1.29 is 17.6 Å². The summed E-state index contributed by atoms with van der Waals surface area (Å²) in [5.41, 5.74) is 2.67. The van der Waals surface area contributed by atoms with Gasteiger partial charge in [-0.1, -0.05) is 18.2 Å². The maximum Gasteiger partial charge on any atom is 0.254 e. The highest BCUT2D eigenvalue weighted by molar-refractivity contribution is 7.89. The minimum Gasteiger partial charge on any atom is -0.337 e. The standard InChI is InChI=1S/C26H23FN4O3S/c27-20-8-10-21(11-9-20)35(33,34)31-14-4-13-30(15-16-31)26(32)23-17-25(19-5-3-12-28-18-19)29-24-7-2-1-6-22(23)24/h1-3,5-12,17-18H,4,13-16H2. The quantitative estimate of drug-likeness (QED) is 0.432. The predicted octanol–water partition coefficient (Wildman–Crippen LogP) is 3.97. The van der Waals surface area contributed by atoms with Gasteiger partial charge in [-0.15, -0.1) is 0 Å². The van der Waals surface area contributed by atoms with Crippen LogP contribution in [-0.2, 0) is 10.0 Å². The number of amides is 1. The van der Waals surface area contributed by atoms with Gasteiger partial charge in [-0.3, -0.25) is 9.78 Å². The summed E-state index contributed by atoms with van der Waals surface area (Å²) in [5.74, 6) is -0.665. The highest BCUT2D eigenvalue weighted by Gasteiger charge is 2.29. The second-order valence-corrected chi connectivity index (χ2v) is 10.3. The minimum absolute atomic E-state index is 0.0416. The Bertz CT molecular complexity index is 1480. The molecular weight excluding hydrogens is 467 g/mol. The maximum atomic E-state index is 13.7. The summed E-state index contributed by atoms with van der Waals surface area (Å²) in [6.07, 6.45) is 3.87. The fraction of sp³-hybridized carbons (Fsp3) is 0.192. The molecule has 1 aliphatic heterocycles. The number of fused-ring (bicyclic) bond motifs is 1. The first kappa shape index (κ1) is 23.1. The van der Waals surface area contributed by atoms with E-state index in [1.54, 1.807) is 23.4 Å². The Kier molecular flexibility index (Phi) is 6.27. The Hall–Kier alpha value is -3.69. The Morgan fingerprint density at radius 2 is 1.71 bits per heavy atom. The van der Waals surface area contributed by atoms with E-state index in [9.17, 15) is 17.6 Å². The van der Waals surface area contributed by atoms with Crippen LogP contribution in [0.1, 0.15) is 16.8 Å². The lowest BCUT2D eigenvalue weighted by Crippen LogP contribution is -2.37. The van der Waals surface area contributed by atoms with Crippen LogP contribution in [0.15, 0.2) is 84.0 Å². The smallest absolute Gasteiger partial charge is 0.254 e. The van der Waals surface area contributed by atoms with Crippen molar-refractivity contribution in [3.63, 3.8) is 0 Å². The Morgan fingerprint density at radius 1 is 0.914 bits per heavy atom. The summed E-state index contributed by atoms with van der Waals surface area (Å²) < 4.78 is 40.8. The number of halogens is 1. The molecule has 1 aliphatic rings. The zero-order valence-corrected chi connectivity index (χ0v) is 19.7. The van der Waals surface area contributed by atoms with E-state index in [1.165, 1.54) is 16.4 Å². The lowest BCUT2D eigenvalue weighted by Gasteiger charge is -2.23. The van der Waals surface area contributed by atoms with Gasteiger partial charge in [0.2, 0.25) is 10.0 Å². The van der Waals surface area contributed by atoms with E-state index >= 15 is 0 Å². The molecule has 178 valence electrons. The van der Waals surface area contributed by atoms with Crippen LogP contribution in [0.3, 0.4) is 0 Å². The van der Waals surface area contributed by atoms with Gasteiger partial charge in [-0.25, -0.2) is 17.8 Å². The van der Waals surface area contributed by atoms with Crippen LogP contribution in [0.2, 0.25) is 0 Å². The van der Waals surface area contributed by atoms with Crippen molar-refractivity contribution in [3.05, 3.63) is 90.5 Å². The molecule has 0 atom stereocenters. The van der Waals surface area contributed by atoms with E-state index in [4.69, 9.17) is 4.98 Å². The monoisotopic (exact) mass is 490 g/mol. The molecule has 3 heterocycles. The molecule has 4 aromatic rings. The Balaban J connectivity index is 1.43. The number of rotatable bonds is 4. The molecule has 0 unspecified atom stereocenters. The number of pyridine rings is 2. The van der Waals surface area contributed by atoms with Crippen LogP contribution in [0.5, 0.6) is 0 Å². The molecule has 1 saturated heterocycles. The maximum absolute atomic E-state index is 13.7. The molecule has 0 bridgehead atoms. The van der Waals surface area contributed by atoms with Crippen molar-refractivity contribution in [2.75, 3.05) is 26.2 Å². The molecule has 2 aromatic carbocycles. The average Bonchev–Trinajstić information content (AvgIpc) is 3.15. The fourth-order valence-electron chi connectivity index (χ4n) is 4.28. The van der Waals surface area contributed by atoms with E-state index < -0.39 is 15.8 Å². The number of benzene rings is 2. The van der Waals surface area contributed by atoms with Crippen molar-refractivity contribution in [1.82, 2.24) is 19.2 Å². The lowest BCUT2D eigenvalue weighted by atomic mass is 10.0. The van der Waals surface area contributed by atoms with Gasteiger partial charge in [0.15, 0.2) is 0 Å². The van der Waals surface area contributed by atoms with Gasteiger partial charge in [0.1, 0.15) is 5.82 Å². The number of sulfonamides is 1. The topological polar surface area (TPSA) is 83.5 Å². The van der Waals surface area contributed by atoms with Crippen LogP contribution < -0.4 is 0 Å². The zero-order valence-electron chi connectivity index (χ0n) is 18.8. The first-order chi connectivity index (χ1) is 16.9. The molecule has 0 aliphatic carbocycles. The number of aromatic nitrogens is 2. The van der Waals surface area contributed by atoms with E-state index in [-0.39, 0.29) is 30.4 Å². The molecule has 0 saturated carbocycles. The van der Waals surface area contributed by atoms with E-state index in [0.29, 0.717) is 29.7 Å². The third-order valence-corrected chi connectivity index (χ3v) is 8.01. The third kappa shape index (κ3) is 4.65. The highest BCUT2D eigenvalue weighted by atomic mass is 32.2. The van der Waals surface area contributed by atoms with Crippen LogP contribution in [0, 0.1) is 5.82 Å². The summed E-state index contributed by atoms with van der Waals surface area (Å²) >= 11 is 0. The molecule has 9 heteroatoms. The Morgan fingerprint density at radius 3 is 2.49 bits per heavy atom. The number of carbonyl (C=O) groups excluding carboxylic acids is 1. The van der Waals surface area contributed by atoms with Gasteiger partial charge < -0.3 is 4.90 Å². The summed E-state index contributed by atoms with van der Waals surface area (Å²) in [6, 6.07) is 17.8. The van der Waals surface area contributed by atoms with Gasteiger partial charge in [-0.2, -0.15) is 4.31 Å². The number of nitrogens with zero attached hydrogens (tertiary/aromatic N) is 4. The molecule has 2 aromatic heterocycles. The summed E-state index contributed by atoms with van der Waals surface area (Å²) in [4.78, 5) is 24.3. The zero-order chi connectivity index (χ0) is 24.4. The van der Waals surface area contributed by atoms with Gasteiger partial charge in [0, 0.05) is 49.5 Å². The normalized spacial score (nSPS) is 15.2. The molecule has 35 heavy (non-hydrogen) atoms. The second-order valence-electron chi connectivity index (χ2n) is 8.32. The van der Waals surface area contributed by atoms with Crippen LogP contribution in [-0.4, -0.2) is 59.7 Å². The van der Waals surface area contributed by atoms with Crippen LogP contribution in [0.25, 0.3) is 22.2 Å². The summed E-state index contributed by atoms with van der Waals surface area (Å²) in [7, 11) is -3.78. The van der Waals surface area contributed by atoms with Gasteiger partial charge in [0.25, 0.3) is 5.91 Å². The molecular formula is C26H23FN4O3S. The van der Waals surface area contributed by atoms with Crippen LogP contribution >= 0.6 is 0 Å². The largest absolute Gasteiger partial charge is 0.337 e. The molecule has 1 amide bonds. The first-order valence-corrected chi connectivity index (χ1v) is 12.7. The molecule has 5 rings (SSSR count). The van der Waals surface area contributed by atoms with Crippen molar-refractivity contribution in [1.29, 1.82) is 0 Å². The third-order valence-electron chi connectivity index (χ3n) is 6.10. The average molecular weight is 491 g/mol. The molecule has 0 radical (unpaired) electrons.